The molecule has 0 aliphatic carbocycles. The summed E-state index contributed by atoms with van der Waals surface area (Å²) in [6, 6.07) is 2.06. The average molecular weight is 282 g/mol. The van der Waals surface area contributed by atoms with Gasteiger partial charge in [-0.15, -0.1) is 11.3 Å². The van der Waals surface area contributed by atoms with Crippen molar-refractivity contribution < 1.29 is 9.53 Å². The van der Waals surface area contributed by atoms with Crippen LogP contribution >= 0.6 is 11.3 Å². The van der Waals surface area contributed by atoms with Crippen LogP contribution in [-0.2, 0) is 0 Å². The Morgan fingerprint density at radius 1 is 1.63 bits per heavy atom. The van der Waals surface area contributed by atoms with E-state index in [9.17, 15) is 4.79 Å². The Labute approximate surface area is 118 Å². The van der Waals surface area contributed by atoms with Crippen molar-refractivity contribution in [3.05, 3.63) is 15.8 Å². The Morgan fingerprint density at radius 2 is 2.37 bits per heavy atom. The largest absolute Gasteiger partial charge is 0.495 e. The second-order valence-electron chi connectivity index (χ2n) is 5.27. The van der Waals surface area contributed by atoms with Crippen LogP contribution in [0.1, 0.15) is 34.3 Å². The van der Waals surface area contributed by atoms with Gasteiger partial charge in [-0.05, 0) is 38.7 Å². The summed E-state index contributed by atoms with van der Waals surface area (Å²) in [5, 5.41) is 0. The zero-order chi connectivity index (χ0) is 14.0. The third kappa shape index (κ3) is 3.09. The van der Waals surface area contributed by atoms with Gasteiger partial charge in [-0.25, -0.2) is 0 Å². The van der Waals surface area contributed by atoms with Crippen LogP contribution in [0.3, 0.4) is 0 Å². The fourth-order valence-electron chi connectivity index (χ4n) is 2.56. The molecule has 0 saturated carbocycles. The van der Waals surface area contributed by atoms with E-state index in [0.29, 0.717) is 16.5 Å². The summed E-state index contributed by atoms with van der Waals surface area (Å²) >= 11 is 1.50. The topological polar surface area (TPSA) is 55.6 Å². The van der Waals surface area contributed by atoms with E-state index in [2.05, 4.69) is 0 Å². The highest BCUT2D eigenvalue weighted by molar-refractivity contribution is 7.14. The molecule has 2 heterocycles. The van der Waals surface area contributed by atoms with Gasteiger partial charge >= 0.3 is 0 Å². The molecule has 4 nitrogen and oxygen atoms in total. The van der Waals surface area contributed by atoms with Gasteiger partial charge in [0.2, 0.25) is 0 Å². The van der Waals surface area contributed by atoms with Gasteiger partial charge in [0, 0.05) is 24.0 Å². The first-order valence-corrected chi connectivity index (χ1v) is 7.54. The number of ether oxygens (including phenoxy) is 1. The number of rotatable bonds is 3. The highest BCUT2D eigenvalue weighted by Crippen LogP contribution is 2.31. The van der Waals surface area contributed by atoms with E-state index in [0.717, 1.165) is 30.8 Å². The molecular formula is C14H22N2O2S. The number of hydrogen-bond donors (Lipinski definition) is 1. The maximum atomic E-state index is 12.6. The molecule has 2 unspecified atom stereocenters. The number of nitrogens with two attached hydrogens (primary N) is 1. The van der Waals surface area contributed by atoms with Crippen molar-refractivity contribution in [2.24, 2.45) is 11.7 Å². The molecule has 5 heteroatoms. The van der Waals surface area contributed by atoms with Gasteiger partial charge in [0.15, 0.2) is 0 Å². The summed E-state index contributed by atoms with van der Waals surface area (Å²) in [7, 11) is 1.61. The summed E-state index contributed by atoms with van der Waals surface area (Å²) in [4.78, 5) is 16.3. The molecule has 2 N–H and O–H groups in total. The molecule has 1 aromatic rings. The fourth-order valence-corrected chi connectivity index (χ4v) is 3.51. The Hall–Kier alpha value is -1.07. The highest BCUT2D eigenvalue weighted by Gasteiger charge is 2.28. The number of nitrogens with zero attached hydrogens (tertiary/aromatic N) is 1. The minimum absolute atomic E-state index is 0.0836. The first-order chi connectivity index (χ1) is 9.02. The number of aryl methyl sites for hydroxylation is 1. The lowest BCUT2D eigenvalue weighted by Gasteiger charge is -2.34. The second kappa shape index (κ2) is 5.92. The maximum Gasteiger partial charge on any atom is 0.267 e. The molecule has 1 aromatic heterocycles. The monoisotopic (exact) mass is 282 g/mol. The van der Waals surface area contributed by atoms with Crippen LogP contribution in [0.15, 0.2) is 6.07 Å². The van der Waals surface area contributed by atoms with Crippen LogP contribution < -0.4 is 10.5 Å². The first-order valence-electron chi connectivity index (χ1n) is 6.72. The number of carbonyl (C=O) groups is 1. The Bertz CT molecular complexity index is 456. The molecule has 1 aliphatic rings. The molecule has 1 aliphatic heterocycles. The SMILES string of the molecule is COc1cc(C)sc1C(=O)N1CCCC(C(C)N)C1. The predicted octanol–water partition coefficient (Wildman–Crippen LogP) is 2.26. The van der Waals surface area contributed by atoms with Gasteiger partial charge in [-0.1, -0.05) is 0 Å². The van der Waals surface area contributed by atoms with Crippen LogP contribution in [0.5, 0.6) is 5.75 Å². The van der Waals surface area contributed by atoms with Gasteiger partial charge < -0.3 is 15.4 Å². The first kappa shape index (κ1) is 14.3. The van der Waals surface area contributed by atoms with Crippen LogP contribution in [-0.4, -0.2) is 37.0 Å². The Kier molecular flexibility index (Phi) is 4.47. The minimum Gasteiger partial charge on any atom is -0.495 e. The second-order valence-corrected chi connectivity index (χ2v) is 6.52. The molecule has 2 rings (SSSR count). The number of thiophene rings is 1. The summed E-state index contributed by atoms with van der Waals surface area (Å²) in [5.41, 5.74) is 5.97. The molecule has 1 amide bonds. The summed E-state index contributed by atoms with van der Waals surface area (Å²) in [6.45, 7) is 5.60. The summed E-state index contributed by atoms with van der Waals surface area (Å²) < 4.78 is 5.29. The van der Waals surface area contributed by atoms with Gasteiger partial charge in [0.05, 0.1) is 7.11 Å². The summed E-state index contributed by atoms with van der Waals surface area (Å²) in [5.74, 6) is 1.18. The number of amides is 1. The van der Waals surface area contributed by atoms with Crippen LogP contribution in [0, 0.1) is 12.8 Å². The standard InChI is InChI=1S/C14H22N2O2S/c1-9-7-12(18-3)13(19-9)14(17)16-6-4-5-11(8-16)10(2)15/h7,10-11H,4-6,8,15H2,1-3H3. The maximum absolute atomic E-state index is 12.6. The van der Waals surface area contributed by atoms with Crippen molar-refractivity contribution in [2.75, 3.05) is 20.2 Å². The van der Waals surface area contributed by atoms with Crippen molar-refractivity contribution in [3.8, 4) is 5.75 Å². The smallest absolute Gasteiger partial charge is 0.267 e. The average Bonchev–Trinajstić information content (AvgIpc) is 2.79. The zero-order valence-corrected chi connectivity index (χ0v) is 12.6. The lowest BCUT2D eigenvalue weighted by atomic mass is 9.92. The molecule has 1 saturated heterocycles. The molecular weight excluding hydrogens is 260 g/mol. The van der Waals surface area contributed by atoms with Gasteiger partial charge in [0.1, 0.15) is 10.6 Å². The van der Waals surface area contributed by atoms with Crippen LogP contribution in [0.25, 0.3) is 0 Å². The van der Waals surface area contributed by atoms with E-state index in [4.69, 9.17) is 10.5 Å². The molecule has 1 fully saturated rings. The molecule has 106 valence electrons. The zero-order valence-electron chi connectivity index (χ0n) is 11.8. The van der Waals surface area contributed by atoms with Gasteiger partial charge in [0.25, 0.3) is 5.91 Å². The molecule has 0 bridgehead atoms. The number of piperidine rings is 1. The summed E-state index contributed by atoms with van der Waals surface area (Å²) in [6.07, 6.45) is 2.15. The Balaban J connectivity index is 2.14. The lowest BCUT2D eigenvalue weighted by molar-refractivity contribution is 0.0663. The molecule has 0 radical (unpaired) electrons. The predicted molar refractivity (Wildman–Crippen MR) is 77.9 cm³/mol. The third-order valence-corrected chi connectivity index (χ3v) is 4.74. The van der Waals surface area contributed by atoms with Crippen molar-refractivity contribution in [1.82, 2.24) is 4.90 Å². The molecule has 19 heavy (non-hydrogen) atoms. The van der Waals surface area contributed by atoms with E-state index >= 15 is 0 Å². The minimum atomic E-state index is 0.0836. The van der Waals surface area contributed by atoms with Crippen molar-refractivity contribution in [1.29, 1.82) is 0 Å². The quantitative estimate of drug-likeness (QED) is 0.925. The third-order valence-electron chi connectivity index (χ3n) is 3.72. The van der Waals surface area contributed by atoms with Crippen molar-refractivity contribution in [3.63, 3.8) is 0 Å². The van der Waals surface area contributed by atoms with E-state index < -0.39 is 0 Å². The number of carbonyl (C=O) groups excluding carboxylic acids is 1. The Morgan fingerprint density at radius 3 is 3.00 bits per heavy atom. The number of hydrogen-bond acceptors (Lipinski definition) is 4. The molecule has 2 atom stereocenters. The van der Waals surface area contributed by atoms with Crippen molar-refractivity contribution in [2.45, 2.75) is 32.7 Å². The molecule has 0 aromatic carbocycles. The van der Waals surface area contributed by atoms with Gasteiger partial charge in [-0.3, -0.25) is 4.79 Å². The normalized spacial score (nSPS) is 21.3. The van der Waals surface area contributed by atoms with Crippen molar-refractivity contribution >= 4 is 17.2 Å². The molecule has 0 spiro atoms. The van der Waals surface area contributed by atoms with E-state index in [1.807, 2.05) is 24.8 Å². The number of methoxy groups -OCH3 is 1. The van der Waals surface area contributed by atoms with Crippen LogP contribution in [0.4, 0.5) is 0 Å². The highest BCUT2D eigenvalue weighted by atomic mass is 32.1. The van der Waals surface area contributed by atoms with Crippen LogP contribution in [0.2, 0.25) is 0 Å². The van der Waals surface area contributed by atoms with E-state index in [1.165, 1.54) is 11.3 Å². The lowest BCUT2D eigenvalue weighted by Crippen LogP contribution is -2.44. The van der Waals surface area contributed by atoms with E-state index in [1.54, 1.807) is 7.11 Å². The van der Waals surface area contributed by atoms with Gasteiger partial charge in [-0.2, -0.15) is 0 Å². The number of likely N-dealkylation sites (tertiary alicyclic amines) is 1. The van der Waals surface area contributed by atoms with E-state index in [-0.39, 0.29) is 11.9 Å². The fraction of sp³-hybridized carbons (Fsp3) is 0.643.